The first kappa shape index (κ1) is 15.8. The highest BCUT2D eigenvalue weighted by Crippen LogP contribution is 2.39. The van der Waals surface area contributed by atoms with Crippen molar-refractivity contribution in [3.63, 3.8) is 0 Å². The molecule has 0 aliphatic heterocycles. The van der Waals surface area contributed by atoms with Gasteiger partial charge in [0, 0.05) is 18.2 Å². The number of aliphatic hydroxyl groups is 1. The van der Waals surface area contributed by atoms with Crippen LogP contribution in [0, 0.1) is 5.82 Å². The van der Waals surface area contributed by atoms with Crippen molar-refractivity contribution in [1.82, 2.24) is 5.32 Å². The predicted molar refractivity (Wildman–Crippen MR) is 86.7 cm³/mol. The van der Waals surface area contributed by atoms with Crippen LogP contribution in [0.15, 0.2) is 30.3 Å². The minimum absolute atomic E-state index is 0.215. The van der Waals surface area contributed by atoms with E-state index in [0.717, 1.165) is 24.0 Å². The van der Waals surface area contributed by atoms with Crippen LogP contribution in [0.1, 0.15) is 34.7 Å². The molecule has 0 radical (unpaired) electrons. The van der Waals surface area contributed by atoms with Crippen molar-refractivity contribution in [3.05, 3.63) is 68.4 Å². The van der Waals surface area contributed by atoms with Gasteiger partial charge in [0.05, 0.1) is 16.7 Å². The van der Waals surface area contributed by atoms with Gasteiger partial charge in [-0.1, -0.05) is 35.3 Å². The highest BCUT2D eigenvalue weighted by molar-refractivity contribution is 6.42. The van der Waals surface area contributed by atoms with Crippen molar-refractivity contribution in [3.8, 4) is 0 Å². The topological polar surface area (TPSA) is 32.3 Å². The third-order valence-corrected chi connectivity index (χ3v) is 4.97. The van der Waals surface area contributed by atoms with E-state index in [9.17, 15) is 4.39 Å². The third-order valence-electron chi connectivity index (χ3n) is 4.12. The Hall–Kier alpha value is -1.13. The molecule has 1 aliphatic carbocycles. The molecular formula is C17H16Cl2FNO. The summed E-state index contributed by atoms with van der Waals surface area (Å²) in [6.07, 6.45) is 1.86. The van der Waals surface area contributed by atoms with Crippen molar-refractivity contribution < 1.29 is 9.50 Å². The lowest BCUT2D eigenvalue weighted by atomic mass is 10.1. The van der Waals surface area contributed by atoms with Gasteiger partial charge in [0.2, 0.25) is 0 Å². The van der Waals surface area contributed by atoms with Crippen molar-refractivity contribution in [2.24, 2.45) is 0 Å². The monoisotopic (exact) mass is 339 g/mol. The fourth-order valence-corrected chi connectivity index (χ4v) is 3.39. The molecule has 2 aromatic rings. The lowest BCUT2D eigenvalue weighted by Crippen LogP contribution is -2.18. The first-order chi connectivity index (χ1) is 10.6. The van der Waals surface area contributed by atoms with Gasteiger partial charge >= 0.3 is 0 Å². The summed E-state index contributed by atoms with van der Waals surface area (Å²) in [6, 6.07) is 8.86. The van der Waals surface area contributed by atoms with Gasteiger partial charge in [-0.25, -0.2) is 4.39 Å². The molecule has 0 aromatic heterocycles. The molecule has 3 rings (SSSR count). The summed E-state index contributed by atoms with van der Waals surface area (Å²) in [7, 11) is 0. The lowest BCUT2D eigenvalue weighted by Gasteiger charge is -2.15. The molecule has 5 heteroatoms. The molecule has 0 saturated heterocycles. The van der Waals surface area contributed by atoms with Crippen LogP contribution >= 0.6 is 23.2 Å². The van der Waals surface area contributed by atoms with Crippen LogP contribution in [0.2, 0.25) is 10.0 Å². The third kappa shape index (κ3) is 2.99. The first-order valence-electron chi connectivity index (χ1n) is 7.18. The van der Waals surface area contributed by atoms with Gasteiger partial charge in [-0.2, -0.15) is 0 Å². The molecule has 22 heavy (non-hydrogen) atoms. The fourth-order valence-electron chi connectivity index (χ4n) is 2.94. The summed E-state index contributed by atoms with van der Waals surface area (Å²) in [5, 5.41) is 13.8. The van der Waals surface area contributed by atoms with Crippen LogP contribution in [-0.2, 0) is 19.6 Å². The number of fused-ring (bicyclic) bond motifs is 1. The van der Waals surface area contributed by atoms with Gasteiger partial charge in [-0.05, 0) is 47.7 Å². The van der Waals surface area contributed by atoms with Gasteiger partial charge in [0.1, 0.15) is 5.82 Å². The Balaban J connectivity index is 1.73. The zero-order chi connectivity index (χ0) is 15.7. The SMILES string of the molecule is OCc1cc(CNC2CCc3c2ccc(Cl)c3Cl)ccc1F. The van der Waals surface area contributed by atoms with Gasteiger partial charge in [0.25, 0.3) is 0 Å². The molecule has 0 fully saturated rings. The average Bonchev–Trinajstić information content (AvgIpc) is 2.94. The minimum Gasteiger partial charge on any atom is -0.392 e. The Morgan fingerprint density at radius 1 is 1.23 bits per heavy atom. The van der Waals surface area contributed by atoms with E-state index in [4.69, 9.17) is 28.3 Å². The van der Waals surface area contributed by atoms with E-state index in [1.165, 1.54) is 11.6 Å². The summed E-state index contributed by atoms with van der Waals surface area (Å²) in [6.45, 7) is 0.317. The summed E-state index contributed by atoms with van der Waals surface area (Å²) >= 11 is 12.3. The summed E-state index contributed by atoms with van der Waals surface area (Å²) in [4.78, 5) is 0. The average molecular weight is 340 g/mol. The number of aliphatic hydroxyl groups excluding tert-OH is 1. The van der Waals surface area contributed by atoms with Gasteiger partial charge in [-0.15, -0.1) is 0 Å². The molecular weight excluding hydrogens is 324 g/mol. The van der Waals surface area contributed by atoms with E-state index < -0.39 is 0 Å². The summed E-state index contributed by atoms with van der Waals surface area (Å²) in [5.74, 6) is -0.376. The van der Waals surface area contributed by atoms with Crippen molar-refractivity contribution >= 4 is 23.2 Å². The van der Waals surface area contributed by atoms with E-state index in [1.807, 2.05) is 12.1 Å². The van der Waals surface area contributed by atoms with E-state index in [2.05, 4.69) is 5.32 Å². The molecule has 0 amide bonds. The van der Waals surface area contributed by atoms with Crippen LogP contribution in [-0.4, -0.2) is 5.11 Å². The smallest absolute Gasteiger partial charge is 0.128 e. The largest absolute Gasteiger partial charge is 0.392 e. The van der Waals surface area contributed by atoms with Gasteiger partial charge in [0.15, 0.2) is 0 Å². The number of nitrogens with one attached hydrogen (secondary N) is 1. The second-order valence-corrected chi connectivity index (χ2v) is 6.27. The molecule has 116 valence electrons. The number of hydrogen-bond acceptors (Lipinski definition) is 2. The second-order valence-electron chi connectivity index (χ2n) is 5.49. The van der Waals surface area contributed by atoms with Crippen molar-refractivity contribution in [2.45, 2.75) is 32.0 Å². The zero-order valence-corrected chi connectivity index (χ0v) is 13.4. The van der Waals surface area contributed by atoms with E-state index in [-0.39, 0.29) is 18.5 Å². The Morgan fingerprint density at radius 3 is 2.82 bits per heavy atom. The summed E-state index contributed by atoms with van der Waals surface area (Å²) < 4.78 is 13.4. The van der Waals surface area contributed by atoms with Crippen LogP contribution in [0.25, 0.3) is 0 Å². The van der Waals surface area contributed by atoms with Crippen LogP contribution in [0.3, 0.4) is 0 Å². The maximum Gasteiger partial charge on any atom is 0.128 e. The standard InChI is InChI=1S/C17H16Cl2FNO/c18-14-4-2-12-13(17(14)19)3-6-16(12)21-8-10-1-5-15(20)11(7-10)9-22/h1-2,4-5,7,16,21-22H,3,6,8-9H2. The molecule has 1 unspecified atom stereocenters. The highest BCUT2D eigenvalue weighted by Gasteiger charge is 2.25. The molecule has 2 aromatic carbocycles. The molecule has 0 saturated carbocycles. The highest BCUT2D eigenvalue weighted by atomic mass is 35.5. The Kier molecular flexibility index (Phi) is 4.69. The molecule has 0 heterocycles. The number of benzene rings is 2. The molecule has 2 nitrogen and oxygen atoms in total. The molecule has 0 spiro atoms. The van der Waals surface area contributed by atoms with Crippen LogP contribution in [0.4, 0.5) is 4.39 Å². The zero-order valence-electron chi connectivity index (χ0n) is 11.9. The van der Waals surface area contributed by atoms with Crippen molar-refractivity contribution in [1.29, 1.82) is 0 Å². The molecule has 2 N–H and O–H groups in total. The Morgan fingerprint density at radius 2 is 2.05 bits per heavy atom. The first-order valence-corrected chi connectivity index (χ1v) is 7.94. The van der Waals surface area contributed by atoms with E-state index in [0.29, 0.717) is 22.2 Å². The fraction of sp³-hybridized carbons (Fsp3) is 0.294. The summed E-state index contributed by atoms with van der Waals surface area (Å²) in [5.41, 5.74) is 3.56. The maximum atomic E-state index is 13.4. The number of halogens is 3. The maximum absolute atomic E-state index is 13.4. The molecule has 0 bridgehead atoms. The minimum atomic E-state index is -0.376. The predicted octanol–water partition coefficient (Wildman–Crippen LogP) is 4.40. The lowest BCUT2D eigenvalue weighted by molar-refractivity contribution is 0.275. The van der Waals surface area contributed by atoms with Gasteiger partial charge in [-0.3, -0.25) is 0 Å². The Labute approximate surface area is 138 Å². The number of rotatable bonds is 4. The Bertz CT molecular complexity index is 705. The van der Waals surface area contributed by atoms with Gasteiger partial charge < -0.3 is 10.4 Å². The van der Waals surface area contributed by atoms with Crippen LogP contribution in [0.5, 0.6) is 0 Å². The molecule has 1 atom stereocenters. The van der Waals surface area contributed by atoms with E-state index in [1.54, 1.807) is 12.1 Å². The normalized spacial score (nSPS) is 16.8. The van der Waals surface area contributed by atoms with Crippen molar-refractivity contribution in [2.75, 3.05) is 0 Å². The van der Waals surface area contributed by atoms with E-state index >= 15 is 0 Å². The second kappa shape index (κ2) is 6.55. The van der Waals surface area contributed by atoms with Crippen LogP contribution < -0.4 is 5.32 Å². The quantitative estimate of drug-likeness (QED) is 0.865. The number of hydrogen-bond donors (Lipinski definition) is 2. The molecule has 1 aliphatic rings.